The number of hydrogen-bond donors (Lipinski definition) is 2. The monoisotopic (exact) mass is 356 g/mol. The van der Waals surface area contributed by atoms with Crippen LogP contribution in [0.2, 0.25) is 0 Å². The molecule has 2 unspecified atom stereocenters. The van der Waals surface area contributed by atoms with Gasteiger partial charge in [0, 0.05) is 17.7 Å². The van der Waals surface area contributed by atoms with Crippen molar-refractivity contribution < 1.29 is 29.2 Å². The van der Waals surface area contributed by atoms with E-state index in [1.54, 1.807) is 36.4 Å². The molecule has 2 N–H and O–H groups in total. The summed E-state index contributed by atoms with van der Waals surface area (Å²) in [6, 6.07) is 9.64. The zero-order chi connectivity index (χ0) is 18.7. The van der Waals surface area contributed by atoms with Gasteiger partial charge in [0.1, 0.15) is 23.7 Å². The molecule has 0 aliphatic carbocycles. The van der Waals surface area contributed by atoms with Gasteiger partial charge in [-0.3, -0.25) is 0 Å². The van der Waals surface area contributed by atoms with E-state index in [4.69, 9.17) is 19.3 Å². The van der Waals surface area contributed by atoms with Crippen molar-refractivity contribution in [2.75, 3.05) is 0 Å². The third kappa shape index (κ3) is 3.97. The van der Waals surface area contributed by atoms with E-state index in [9.17, 15) is 9.90 Å². The van der Waals surface area contributed by atoms with Crippen molar-refractivity contribution >= 4 is 12.0 Å². The SMILES string of the molecule is CC1Oc2ccc(OC(=O)/C=C/c3ccc(O)c(CO)c3)cc2OC1C. The van der Waals surface area contributed by atoms with Gasteiger partial charge in [-0.25, -0.2) is 4.79 Å². The van der Waals surface area contributed by atoms with Crippen LogP contribution in [-0.4, -0.2) is 28.4 Å². The Balaban J connectivity index is 1.68. The first-order valence-corrected chi connectivity index (χ1v) is 8.26. The van der Waals surface area contributed by atoms with Crippen LogP contribution < -0.4 is 14.2 Å². The van der Waals surface area contributed by atoms with Crippen molar-refractivity contribution in [2.45, 2.75) is 32.7 Å². The number of aliphatic hydroxyl groups excluding tert-OH is 1. The molecular formula is C20H20O6. The Bertz CT molecular complexity index is 842. The highest BCUT2D eigenvalue weighted by Crippen LogP contribution is 2.36. The lowest BCUT2D eigenvalue weighted by atomic mass is 10.1. The van der Waals surface area contributed by atoms with Gasteiger partial charge in [-0.05, 0) is 49.8 Å². The zero-order valence-electron chi connectivity index (χ0n) is 14.5. The van der Waals surface area contributed by atoms with Crippen molar-refractivity contribution in [3.63, 3.8) is 0 Å². The molecule has 1 heterocycles. The van der Waals surface area contributed by atoms with Crippen LogP contribution in [0.3, 0.4) is 0 Å². The quantitative estimate of drug-likeness (QED) is 0.498. The van der Waals surface area contributed by atoms with Gasteiger partial charge in [0.05, 0.1) is 6.61 Å². The van der Waals surface area contributed by atoms with Gasteiger partial charge >= 0.3 is 5.97 Å². The first kappa shape index (κ1) is 17.8. The van der Waals surface area contributed by atoms with Crippen molar-refractivity contribution in [2.24, 2.45) is 0 Å². The van der Waals surface area contributed by atoms with Gasteiger partial charge in [0.25, 0.3) is 0 Å². The maximum Gasteiger partial charge on any atom is 0.336 e. The maximum absolute atomic E-state index is 12.0. The number of ether oxygens (including phenoxy) is 3. The molecule has 2 aromatic rings. The summed E-state index contributed by atoms with van der Waals surface area (Å²) < 4.78 is 16.8. The fraction of sp³-hybridized carbons (Fsp3) is 0.250. The van der Waals surface area contributed by atoms with Gasteiger partial charge in [-0.1, -0.05) is 6.07 Å². The molecule has 0 spiro atoms. The average molecular weight is 356 g/mol. The van der Waals surface area contributed by atoms with E-state index in [1.165, 1.54) is 12.1 Å². The second-order valence-electron chi connectivity index (χ2n) is 6.06. The van der Waals surface area contributed by atoms with Gasteiger partial charge in [0.2, 0.25) is 0 Å². The Morgan fingerprint density at radius 3 is 2.58 bits per heavy atom. The predicted octanol–water partition coefficient (Wildman–Crippen LogP) is 3.05. The Morgan fingerprint density at radius 2 is 1.85 bits per heavy atom. The summed E-state index contributed by atoms with van der Waals surface area (Å²) in [5.41, 5.74) is 1.05. The highest BCUT2D eigenvalue weighted by molar-refractivity contribution is 5.88. The molecule has 3 rings (SSSR count). The summed E-state index contributed by atoms with van der Waals surface area (Å²) in [5, 5.41) is 18.7. The van der Waals surface area contributed by atoms with Gasteiger partial charge < -0.3 is 24.4 Å². The van der Waals surface area contributed by atoms with Crippen LogP contribution in [0.5, 0.6) is 23.0 Å². The smallest absolute Gasteiger partial charge is 0.336 e. The lowest BCUT2D eigenvalue weighted by Crippen LogP contribution is -2.34. The number of aromatic hydroxyl groups is 1. The molecule has 26 heavy (non-hydrogen) atoms. The summed E-state index contributed by atoms with van der Waals surface area (Å²) in [4.78, 5) is 12.0. The van der Waals surface area contributed by atoms with E-state index < -0.39 is 5.97 Å². The third-order valence-corrected chi connectivity index (χ3v) is 4.11. The summed E-state index contributed by atoms with van der Waals surface area (Å²) in [7, 11) is 0. The minimum absolute atomic E-state index is 0.00653. The Hall–Kier alpha value is -2.99. The van der Waals surface area contributed by atoms with E-state index in [2.05, 4.69) is 0 Å². The fourth-order valence-electron chi connectivity index (χ4n) is 2.48. The fourth-order valence-corrected chi connectivity index (χ4v) is 2.48. The first-order valence-electron chi connectivity index (χ1n) is 8.26. The molecule has 1 aliphatic heterocycles. The molecule has 0 radical (unpaired) electrons. The van der Waals surface area contributed by atoms with Crippen molar-refractivity contribution in [3.8, 4) is 23.0 Å². The molecule has 0 fully saturated rings. The summed E-state index contributed by atoms with van der Waals surface area (Å²) >= 11 is 0. The second kappa shape index (κ2) is 7.49. The molecule has 2 aromatic carbocycles. The number of carbonyl (C=O) groups is 1. The lowest BCUT2D eigenvalue weighted by molar-refractivity contribution is -0.128. The molecule has 6 nitrogen and oxygen atoms in total. The number of hydrogen-bond acceptors (Lipinski definition) is 6. The summed E-state index contributed by atoms with van der Waals surface area (Å²) in [6.07, 6.45) is 2.68. The zero-order valence-corrected chi connectivity index (χ0v) is 14.5. The van der Waals surface area contributed by atoms with Crippen molar-refractivity contribution in [3.05, 3.63) is 53.6 Å². The first-order chi connectivity index (χ1) is 12.5. The Kier molecular flexibility index (Phi) is 5.14. The molecule has 0 aromatic heterocycles. The Morgan fingerprint density at radius 1 is 1.12 bits per heavy atom. The topological polar surface area (TPSA) is 85.2 Å². The van der Waals surface area contributed by atoms with E-state index in [0.717, 1.165) is 0 Å². The molecular weight excluding hydrogens is 336 g/mol. The van der Waals surface area contributed by atoms with Crippen LogP contribution in [0.25, 0.3) is 6.08 Å². The van der Waals surface area contributed by atoms with E-state index >= 15 is 0 Å². The molecule has 6 heteroatoms. The second-order valence-corrected chi connectivity index (χ2v) is 6.06. The van der Waals surface area contributed by atoms with Crippen LogP contribution in [-0.2, 0) is 11.4 Å². The van der Waals surface area contributed by atoms with Crippen LogP contribution in [0, 0.1) is 0 Å². The predicted molar refractivity (Wildman–Crippen MR) is 95.3 cm³/mol. The number of phenols is 1. The maximum atomic E-state index is 12.0. The molecule has 1 aliphatic rings. The highest BCUT2D eigenvalue weighted by atomic mass is 16.6. The summed E-state index contributed by atoms with van der Waals surface area (Å²) in [6.45, 7) is 3.55. The van der Waals surface area contributed by atoms with Crippen LogP contribution in [0.15, 0.2) is 42.5 Å². The standard InChI is InChI=1S/C20H20O6/c1-12-13(2)25-19-10-16(5-7-18(19)24-12)26-20(23)8-4-14-3-6-17(22)15(9-14)11-21/h3-10,12-13,21-22H,11H2,1-2H3/b8-4+. The van der Waals surface area contributed by atoms with Crippen molar-refractivity contribution in [1.82, 2.24) is 0 Å². The van der Waals surface area contributed by atoms with Crippen LogP contribution >= 0.6 is 0 Å². The normalized spacial score (nSPS) is 18.7. The Labute approximate surface area is 151 Å². The largest absolute Gasteiger partial charge is 0.508 e. The molecule has 0 saturated heterocycles. The van der Waals surface area contributed by atoms with E-state index in [1.807, 2.05) is 13.8 Å². The van der Waals surface area contributed by atoms with Gasteiger partial charge in [-0.2, -0.15) is 0 Å². The van der Waals surface area contributed by atoms with Crippen LogP contribution in [0.1, 0.15) is 25.0 Å². The number of esters is 1. The molecule has 2 atom stereocenters. The minimum atomic E-state index is -0.554. The molecule has 136 valence electrons. The number of aliphatic hydroxyl groups is 1. The lowest BCUT2D eigenvalue weighted by Gasteiger charge is -2.29. The van der Waals surface area contributed by atoms with E-state index in [-0.39, 0.29) is 24.6 Å². The van der Waals surface area contributed by atoms with Gasteiger partial charge in [-0.15, -0.1) is 0 Å². The number of rotatable bonds is 4. The van der Waals surface area contributed by atoms with Gasteiger partial charge in [0.15, 0.2) is 11.5 Å². The number of carbonyl (C=O) groups excluding carboxylic acids is 1. The number of benzene rings is 2. The number of fused-ring (bicyclic) bond motifs is 1. The molecule has 0 amide bonds. The van der Waals surface area contributed by atoms with Crippen LogP contribution in [0.4, 0.5) is 0 Å². The van der Waals surface area contributed by atoms with Crippen molar-refractivity contribution in [1.29, 1.82) is 0 Å². The highest BCUT2D eigenvalue weighted by Gasteiger charge is 2.24. The van der Waals surface area contributed by atoms with E-state index in [0.29, 0.717) is 28.4 Å². The average Bonchev–Trinajstić information content (AvgIpc) is 2.62. The minimum Gasteiger partial charge on any atom is -0.508 e. The third-order valence-electron chi connectivity index (χ3n) is 4.11. The summed E-state index contributed by atoms with van der Waals surface area (Å²) in [5.74, 6) is 0.960. The molecule has 0 bridgehead atoms. The molecule has 0 saturated carbocycles.